The Kier molecular flexibility index (Phi) is 7.60. The third-order valence-electron chi connectivity index (χ3n) is 11.6. The molecule has 0 nitrogen and oxygen atoms in total. The number of hydrogen-bond acceptors (Lipinski definition) is 0. The van der Waals surface area contributed by atoms with E-state index >= 15 is 0 Å². The van der Waals surface area contributed by atoms with Crippen molar-refractivity contribution < 1.29 is 0 Å². The first-order valence-electron chi connectivity index (χ1n) is 19.4. The largest absolute Gasteiger partial charge is 0.0622 e. The first-order valence-corrected chi connectivity index (χ1v) is 19.4. The van der Waals surface area contributed by atoms with Crippen molar-refractivity contribution in [1.29, 1.82) is 0 Å². The van der Waals surface area contributed by atoms with Gasteiger partial charge in [0, 0.05) is 0 Å². The van der Waals surface area contributed by atoms with E-state index in [9.17, 15) is 0 Å². The third kappa shape index (κ3) is 5.22. The van der Waals surface area contributed by atoms with Gasteiger partial charge >= 0.3 is 0 Å². The second-order valence-corrected chi connectivity index (χ2v) is 14.8. The van der Waals surface area contributed by atoms with Gasteiger partial charge in [-0.05, 0) is 122 Å². The van der Waals surface area contributed by atoms with Gasteiger partial charge in [-0.2, -0.15) is 0 Å². The third-order valence-corrected chi connectivity index (χ3v) is 11.6. The molecule has 0 aliphatic heterocycles. The Labute approximate surface area is 326 Å². The van der Waals surface area contributed by atoms with Crippen LogP contribution >= 0.6 is 0 Å². The van der Waals surface area contributed by atoms with Crippen LogP contribution in [0.4, 0.5) is 0 Å². The molecule has 0 saturated heterocycles. The van der Waals surface area contributed by atoms with Crippen molar-refractivity contribution in [2.45, 2.75) is 0 Å². The minimum Gasteiger partial charge on any atom is -0.0622 e. The highest BCUT2D eigenvalue weighted by Crippen LogP contribution is 2.47. The van der Waals surface area contributed by atoms with E-state index in [2.05, 4.69) is 218 Å². The predicted molar refractivity (Wildman–Crippen MR) is 241 cm³/mol. The average Bonchev–Trinajstić information content (AvgIpc) is 3.27. The maximum atomic E-state index is 2.40. The Bertz CT molecular complexity index is 3210. The van der Waals surface area contributed by atoms with Gasteiger partial charge in [-0.3, -0.25) is 0 Å². The van der Waals surface area contributed by atoms with E-state index in [1.807, 2.05) is 0 Å². The summed E-state index contributed by atoms with van der Waals surface area (Å²) in [6, 6.07) is 80.3. The van der Waals surface area contributed by atoms with Crippen molar-refractivity contribution in [3.8, 4) is 55.6 Å². The highest BCUT2D eigenvalue weighted by Gasteiger charge is 2.20. The molecule has 0 N–H and O–H groups in total. The summed E-state index contributed by atoms with van der Waals surface area (Å²) in [5, 5.41) is 12.6. The lowest BCUT2D eigenvalue weighted by molar-refractivity contribution is 1.62. The Morgan fingerprint density at radius 2 is 0.500 bits per heavy atom. The average molecular weight is 709 g/mol. The van der Waals surface area contributed by atoms with E-state index in [0.717, 1.165) is 0 Å². The molecule has 0 spiro atoms. The van der Waals surface area contributed by atoms with Crippen LogP contribution in [0.3, 0.4) is 0 Å². The van der Waals surface area contributed by atoms with E-state index < -0.39 is 0 Å². The highest BCUT2D eigenvalue weighted by molar-refractivity contribution is 6.23. The van der Waals surface area contributed by atoms with Gasteiger partial charge in [-0.1, -0.05) is 206 Å². The molecule has 0 saturated carbocycles. The van der Waals surface area contributed by atoms with Crippen molar-refractivity contribution >= 4 is 53.9 Å². The summed E-state index contributed by atoms with van der Waals surface area (Å²) in [6.45, 7) is 0. The van der Waals surface area contributed by atoms with Gasteiger partial charge in [-0.25, -0.2) is 0 Å². The van der Waals surface area contributed by atoms with Gasteiger partial charge in [0.15, 0.2) is 0 Å². The molecule has 260 valence electrons. The second-order valence-electron chi connectivity index (χ2n) is 14.8. The van der Waals surface area contributed by atoms with Crippen molar-refractivity contribution in [2.24, 2.45) is 0 Å². The summed E-state index contributed by atoms with van der Waals surface area (Å²) in [7, 11) is 0. The van der Waals surface area contributed by atoms with Crippen LogP contribution in [0.1, 0.15) is 0 Å². The second kappa shape index (κ2) is 13.2. The highest BCUT2D eigenvalue weighted by atomic mass is 14.2. The van der Waals surface area contributed by atoms with Crippen molar-refractivity contribution in [1.82, 2.24) is 0 Å². The number of benzene rings is 11. The monoisotopic (exact) mass is 708 g/mol. The van der Waals surface area contributed by atoms with Gasteiger partial charge in [0.2, 0.25) is 0 Å². The predicted octanol–water partition coefficient (Wildman–Crippen LogP) is 15.8. The first kappa shape index (κ1) is 32.2. The molecule has 0 aromatic heterocycles. The van der Waals surface area contributed by atoms with Crippen LogP contribution in [0, 0.1) is 0 Å². The number of hydrogen-bond donors (Lipinski definition) is 0. The molecule has 0 unspecified atom stereocenters. The van der Waals surface area contributed by atoms with Crippen LogP contribution in [0.5, 0.6) is 0 Å². The van der Waals surface area contributed by atoms with Crippen LogP contribution in [-0.2, 0) is 0 Å². The lowest BCUT2D eigenvalue weighted by Crippen LogP contribution is -1.93. The molecule has 0 radical (unpaired) electrons. The number of fused-ring (bicyclic) bond motifs is 5. The first-order chi connectivity index (χ1) is 27.8. The fraction of sp³-hybridized carbons (Fsp3) is 0. The quantitative estimate of drug-likeness (QED) is 0.156. The molecule has 0 aliphatic carbocycles. The fourth-order valence-electron chi connectivity index (χ4n) is 9.11. The maximum absolute atomic E-state index is 2.40. The van der Waals surface area contributed by atoms with Crippen molar-refractivity contribution in [2.75, 3.05) is 0 Å². The van der Waals surface area contributed by atoms with Gasteiger partial charge in [0.25, 0.3) is 0 Å². The van der Waals surface area contributed by atoms with Crippen LogP contribution in [-0.4, -0.2) is 0 Å². The molecule has 0 amide bonds. The molecule has 11 rings (SSSR count). The molecule has 0 aliphatic rings. The summed E-state index contributed by atoms with van der Waals surface area (Å²) in [5.74, 6) is 0. The van der Waals surface area contributed by atoms with Crippen molar-refractivity contribution in [3.05, 3.63) is 218 Å². The normalized spacial score (nSPS) is 11.6. The van der Waals surface area contributed by atoms with Crippen LogP contribution in [0.2, 0.25) is 0 Å². The molecule has 11 aromatic rings. The Hall–Kier alpha value is -7.28. The standard InChI is InChI=1S/C56H36/c1-3-15-37(16-4-1)43-33-34-51-52(36-43)55(39-18-5-2-6-19-39)48-24-12-9-21-45(48)54(51)41-30-28-40(29-31-41)53-46-22-10-13-25-49(46)56(50-26-14-11-23-47(50)53)44-32-27-38-17-7-8-20-42(38)35-44/h1-36H. The molecule has 0 fully saturated rings. The Morgan fingerprint density at radius 1 is 0.161 bits per heavy atom. The minimum atomic E-state index is 1.21. The van der Waals surface area contributed by atoms with E-state index in [1.165, 1.54) is 109 Å². The van der Waals surface area contributed by atoms with Gasteiger partial charge in [0.05, 0.1) is 0 Å². The fourth-order valence-corrected chi connectivity index (χ4v) is 9.11. The van der Waals surface area contributed by atoms with E-state index in [1.54, 1.807) is 0 Å². The molecule has 0 atom stereocenters. The van der Waals surface area contributed by atoms with Gasteiger partial charge in [0.1, 0.15) is 0 Å². The zero-order chi connectivity index (χ0) is 37.0. The van der Waals surface area contributed by atoms with E-state index in [0.29, 0.717) is 0 Å². The van der Waals surface area contributed by atoms with Gasteiger partial charge < -0.3 is 0 Å². The van der Waals surface area contributed by atoms with E-state index in [4.69, 9.17) is 0 Å². The Balaban J connectivity index is 1.13. The van der Waals surface area contributed by atoms with Crippen LogP contribution in [0.15, 0.2) is 218 Å². The minimum absolute atomic E-state index is 1.21. The SMILES string of the molecule is c1ccc(-c2ccc3c(-c4ccc(-c5c6ccccc6c(-c6ccc7ccccc7c6)c6ccccc56)cc4)c4ccccc4c(-c4ccccc4)c3c2)cc1. The topological polar surface area (TPSA) is 0 Å². The van der Waals surface area contributed by atoms with Crippen molar-refractivity contribution in [3.63, 3.8) is 0 Å². The summed E-state index contributed by atoms with van der Waals surface area (Å²) >= 11 is 0. The molecular formula is C56H36. The smallest absolute Gasteiger partial charge is 0.00262 e. The van der Waals surface area contributed by atoms with E-state index in [-0.39, 0.29) is 0 Å². The molecule has 0 heterocycles. The Morgan fingerprint density at radius 3 is 1.02 bits per heavy atom. The molecule has 11 aromatic carbocycles. The van der Waals surface area contributed by atoms with Crippen LogP contribution < -0.4 is 0 Å². The lowest BCUT2D eigenvalue weighted by Gasteiger charge is -2.20. The molecule has 0 bridgehead atoms. The zero-order valence-corrected chi connectivity index (χ0v) is 30.8. The summed E-state index contributed by atoms with van der Waals surface area (Å²) in [5.41, 5.74) is 12.4. The number of rotatable bonds is 5. The van der Waals surface area contributed by atoms with Gasteiger partial charge in [-0.15, -0.1) is 0 Å². The molecule has 56 heavy (non-hydrogen) atoms. The van der Waals surface area contributed by atoms with Crippen LogP contribution in [0.25, 0.3) is 109 Å². The molecular weight excluding hydrogens is 673 g/mol. The summed E-state index contributed by atoms with van der Waals surface area (Å²) in [6.07, 6.45) is 0. The zero-order valence-electron chi connectivity index (χ0n) is 30.8. The maximum Gasteiger partial charge on any atom is -0.00262 e. The summed E-state index contributed by atoms with van der Waals surface area (Å²) < 4.78 is 0. The molecule has 0 heteroatoms. The summed E-state index contributed by atoms with van der Waals surface area (Å²) in [4.78, 5) is 0. The lowest BCUT2D eigenvalue weighted by atomic mass is 9.83.